The van der Waals surface area contributed by atoms with Crippen LogP contribution >= 0.6 is 0 Å². The van der Waals surface area contributed by atoms with Crippen molar-refractivity contribution in [1.82, 2.24) is 20.4 Å². The quantitative estimate of drug-likeness (QED) is 0.472. The third-order valence-electron chi connectivity index (χ3n) is 8.83. The lowest BCUT2D eigenvalue weighted by molar-refractivity contribution is -0.853. The third kappa shape index (κ3) is 7.39. The molecule has 0 aromatic heterocycles. The summed E-state index contributed by atoms with van der Waals surface area (Å²) >= 11 is 0. The van der Waals surface area contributed by atoms with Crippen LogP contribution in [-0.4, -0.2) is 92.3 Å². The minimum atomic E-state index is -0.548. The molecular weight excluding hydrogens is 467 g/mol. The zero-order valence-corrected chi connectivity index (χ0v) is 24.1. The molecule has 3 heterocycles. The van der Waals surface area contributed by atoms with Gasteiger partial charge in [-0.05, 0) is 70.5 Å². The topological polar surface area (TPSA) is 73.6 Å². The number of nitrogens with two attached hydrogens (primary N) is 1. The largest absolute Gasteiger partial charge is 0.328 e. The zero-order chi connectivity index (χ0) is 27.3. The van der Waals surface area contributed by atoms with Crippen molar-refractivity contribution >= 4 is 5.91 Å². The van der Waals surface area contributed by atoms with Crippen molar-refractivity contribution in [2.24, 2.45) is 17.6 Å². The van der Waals surface area contributed by atoms with E-state index in [1.165, 1.54) is 11.1 Å². The maximum absolute atomic E-state index is 14.7. The fourth-order valence-electron chi connectivity index (χ4n) is 5.63. The average Bonchev–Trinajstić information content (AvgIpc) is 2.85. The second-order valence-corrected chi connectivity index (χ2v) is 11.7. The highest BCUT2D eigenvalue weighted by molar-refractivity contribution is 5.82. The molecule has 4 N–H and O–H groups in total. The Morgan fingerprint density at radius 1 is 1.32 bits per heavy atom. The van der Waals surface area contributed by atoms with Crippen LogP contribution < -0.4 is 16.4 Å². The molecule has 0 spiro atoms. The van der Waals surface area contributed by atoms with E-state index in [1.807, 2.05) is 18.9 Å². The van der Waals surface area contributed by atoms with E-state index in [0.29, 0.717) is 18.9 Å². The lowest BCUT2D eigenvalue weighted by atomic mass is 9.90. The number of carbonyl (C=O) groups is 1. The number of halogens is 1. The fraction of sp³-hybridized carbons (Fsp3) is 0.690. The highest BCUT2D eigenvalue weighted by atomic mass is 19.1. The summed E-state index contributed by atoms with van der Waals surface area (Å²) in [6.07, 6.45) is 10.1. The molecule has 0 aromatic rings. The van der Waals surface area contributed by atoms with Gasteiger partial charge >= 0.3 is 0 Å². The molecule has 1 amide bonds. The van der Waals surface area contributed by atoms with E-state index in [0.717, 1.165) is 42.7 Å². The highest BCUT2D eigenvalue weighted by Gasteiger charge is 2.37. The summed E-state index contributed by atoms with van der Waals surface area (Å²) in [7, 11) is 6.19. The molecule has 7 nitrogen and oxygen atoms in total. The van der Waals surface area contributed by atoms with Crippen LogP contribution in [0.4, 0.5) is 4.39 Å². The first-order valence-electron chi connectivity index (χ1n) is 14.0. The molecule has 208 valence electrons. The number of nitrogens with one attached hydrogen (secondary N) is 2. The number of hydrogen-bond donors (Lipinski definition) is 3. The van der Waals surface area contributed by atoms with Crippen molar-refractivity contribution in [2.75, 3.05) is 53.9 Å². The minimum absolute atomic E-state index is 0.0101. The van der Waals surface area contributed by atoms with Gasteiger partial charge in [0.15, 0.2) is 0 Å². The lowest BCUT2D eigenvalue weighted by Crippen LogP contribution is -2.60. The van der Waals surface area contributed by atoms with E-state index >= 15 is 0 Å². The maximum Gasteiger partial charge on any atom is 0.231 e. The Labute approximate surface area is 223 Å². The van der Waals surface area contributed by atoms with Crippen LogP contribution in [0.25, 0.3) is 0 Å². The summed E-state index contributed by atoms with van der Waals surface area (Å²) in [6.45, 7) is 12.2. The third-order valence-corrected chi connectivity index (χ3v) is 8.83. The van der Waals surface area contributed by atoms with Crippen LogP contribution in [0, 0.1) is 11.8 Å². The van der Waals surface area contributed by atoms with E-state index in [4.69, 9.17) is 5.73 Å². The van der Waals surface area contributed by atoms with Crippen molar-refractivity contribution < 1.29 is 13.7 Å². The standard InChI is InChI=1S/C29H49FN6O/c1-8-20(3)25-13-12-23(30)17-35(6)21(4)27(28(31)32-25)29(37)33-26-18-34(5)15-14-24(26)22-11-10-16-36(7,9-2)19-22/h10-12,16,20-21,25,27-28,32H,8-9,13-15,17-19,31H2,1-7H3/p+1. The summed E-state index contributed by atoms with van der Waals surface area (Å²) in [6, 6.07) is -0.240. The minimum Gasteiger partial charge on any atom is -0.328 e. The van der Waals surface area contributed by atoms with Gasteiger partial charge in [0.05, 0.1) is 31.9 Å². The van der Waals surface area contributed by atoms with Crippen molar-refractivity contribution in [1.29, 1.82) is 0 Å². The van der Waals surface area contributed by atoms with Crippen LogP contribution in [0.3, 0.4) is 0 Å². The Kier molecular flexibility index (Phi) is 10.3. The average molecular weight is 518 g/mol. The molecule has 6 atom stereocenters. The molecule has 3 aliphatic rings. The van der Waals surface area contributed by atoms with Crippen LogP contribution in [0.5, 0.6) is 0 Å². The second-order valence-electron chi connectivity index (χ2n) is 11.7. The predicted octanol–water partition coefficient (Wildman–Crippen LogP) is 3.10. The van der Waals surface area contributed by atoms with Gasteiger partial charge in [-0.15, -0.1) is 0 Å². The van der Waals surface area contributed by atoms with Crippen molar-refractivity contribution in [3.05, 3.63) is 47.1 Å². The molecule has 3 aliphatic heterocycles. The van der Waals surface area contributed by atoms with Crippen LogP contribution in [0.1, 0.15) is 47.0 Å². The van der Waals surface area contributed by atoms with Gasteiger partial charge < -0.3 is 16.0 Å². The van der Waals surface area contributed by atoms with Gasteiger partial charge in [0.25, 0.3) is 0 Å². The van der Waals surface area contributed by atoms with Gasteiger partial charge in [-0.3, -0.25) is 19.5 Å². The van der Waals surface area contributed by atoms with E-state index in [1.54, 1.807) is 6.08 Å². The smallest absolute Gasteiger partial charge is 0.231 e. The Balaban J connectivity index is 1.92. The Morgan fingerprint density at radius 2 is 2.05 bits per heavy atom. The number of hydrogen-bond acceptors (Lipinski definition) is 5. The summed E-state index contributed by atoms with van der Waals surface area (Å²) in [5.74, 6) is -0.493. The van der Waals surface area contributed by atoms with Crippen molar-refractivity contribution in [3.63, 3.8) is 0 Å². The summed E-state index contributed by atoms with van der Waals surface area (Å²) in [4.78, 5) is 18.1. The first-order chi connectivity index (χ1) is 17.5. The van der Waals surface area contributed by atoms with Crippen molar-refractivity contribution in [3.8, 4) is 0 Å². The Hall–Kier alpha value is -1.84. The van der Waals surface area contributed by atoms with Crippen LogP contribution in [0.2, 0.25) is 0 Å². The number of nitrogens with zero attached hydrogens (tertiary/aromatic N) is 3. The van der Waals surface area contributed by atoms with Gasteiger partial charge in [0.1, 0.15) is 12.4 Å². The summed E-state index contributed by atoms with van der Waals surface area (Å²) in [5, 5.41) is 6.83. The predicted molar refractivity (Wildman–Crippen MR) is 150 cm³/mol. The van der Waals surface area contributed by atoms with Crippen LogP contribution in [-0.2, 0) is 4.79 Å². The van der Waals surface area contributed by atoms with Gasteiger partial charge in [0, 0.05) is 43.0 Å². The molecule has 0 radical (unpaired) electrons. The Morgan fingerprint density at radius 3 is 2.73 bits per heavy atom. The molecule has 37 heavy (non-hydrogen) atoms. The summed E-state index contributed by atoms with van der Waals surface area (Å²) < 4.78 is 15.6. The maximum atomic E-state index is 14.7. The number of carbonyl (C=O) groups excluding carboxylic acids is 1. The molecular formula is C29H50FN6O+. The van der Waals surface area contributed by atoms with E-state index < -0.39 is 12.1 Å². The van der Waals surface area contributed by atoms with E-state index in [2.05, 4.69) is 68.8 Å². The molecule has 0 bridgehead atoms. The number of allylic oxidation sites excluding steroid dienone is 2. The van der Waals surface area contributed by atoms with E-state index in [9.17, 15) is 9.18 Å². The zero-order valence-electron chi connectivity index (χ0n) is 24.1. The highest BCUT2D eigenvalue weighted by Crippen LogP contribution is 2.29. The molecule has 0 aromatic carbocycles. The molecule has 0 saturated heterocycles. The molecule has 0 aliphatic carbocycles. The lowest BCUT2D eigenvalue weighted by Gasteiger charge is -2.39. The first-order valence-corrected chi connectivity index (χ1v) is 14.0. The monoisotopic (exact) mass is 517 g/mol. The SMILES string of the molecule is CCC(C)C1CC=C(F)CN(C)C(C)C(C(=O)NC2=C(C3=CC=C[N+](C)(CC)C3)CCN(C)C2)C(N)N1. The molecule has 0 fully saturated rings. The fourth-order valence-corrected chi connectivity index (χ4v) is 5.63. The van der Waals surface area contributed by atoms with Crippen LogP contribution in [0.15, 0.2) is 47.1 Å². The van der Waals surface area contributed by atoms with Gasteiger partial charge in [-0.25, -0.2) is 4.39 Å². The molecule has 6 unspecified atom stereocenters. The normalized spacial score (nSPS) is 33.5. The number of amides is 1. The summed E-state index contributed by atoms with van der Waals surface area (Å²) in [5.41, 5.74) is 10.2. The van der Waals surface area contributed by atoms with Gasteiger partial charge in [-0.1, -0.05) is 20.3 Å². The first kappa shape index (κ1) is 29.7. The van der Waals surface area contributed by atoms with Crippen molar-refractivity contribution in [2.45, 2.75) is 65.2 Å². The number of likely N-dealkylation sites (N-methyl/N-ethyl adjacent to an activating group) is 3. The number of rotatable bonds is 6. The molecule has 8 heteroatoms. The van der Waals surface area contributed by atoms with Gasteiger partial charge in [0.2, 0.25) is 5.91 Å². The molecule has 3 rings (SSSR count). The molecule has 0 saturated carbocycles. The number of quaternary nitrogens is 1. The Bertz CT molecular complexity index is 943. The van der Waals surface area contributed by atoms with E-state index in [-0.39, 0.29) is 30.4 Å². The second kappa shape index (κ2) is 12.8. The van der Waals surface area contributed by atoms with Gasteiger partial charge in [-0.2, -0.15) is 0 Å².